The van der Waals surface area contributed by atoms with E-state index in [9.17, 15) is 51.8 Å². The van der Waals surface area contributed by atoms with Gasteiger partial charge in [-0.15, -0.1) is 12.3 Å². The summed E-state index contributed by atoms with van der Waals surface area (Å²) in [6.45, 7) is 1.65. The Hall–Kier alpha value is -1.13. The van der Waals surface area contributed by atoms with Gasteiger partial charge in [0.2, 0.25) is 0 Å². The van der Waals surface area contributed by atoms with E-state index in [-0.39, 0.29) is 14.9 Å². The second-order valence-corrected chi connectivity index (χ2v) is 1.77. The van der Waals surface area contributed by atoms with Crippen molar-refractivity contribution < 1.29 is 51.8 Å². The lowest BCUT2D eigenvalue weighted by atomic mass is 10.3. The molecule has 0 aliphatic heterocycles. The van der Waals surface area contributed by atoms with E-state index in [1.165, 1.54) is 7.05 Å². The SMILES string of the molecule is C.C.C#CC.CN.F[B-](F)(F)F.F[B-](F)(F)F.F[B-](F)(F)F. The average Bonchev–Trinajstić information content (AvgIpc) is 1.97. The summed E-state index contributed by atoms with van der Waals surface area (Å²) in [5.74, 6) is 2.25. The molecule has 0 saturated carbocycles. The topological polar surface area (TPSA) is 26.0 Å². The molecule has 16 heteroatoms. The largest absolute Gasteiger partial charge is 0.673 e. The molecule has 0 aromatic rings. The smallest absolute Gasteiger partial charge is 0.418 e. The lowest BCUT2D eigenvalue weighted by molar-refractivity contribution is 0.366. The van der Waals surface area contributed by atoms with Gasteiger partial charge in [-0.25, -0.2) is 0 Å². The monoisotopic (exact) mass is 364 g/mol. The van der Waals surface area contributed by atoms with Gasteiger partial charge in [0.25, 0.3) is 0 Å². The van der Waals surface area contributed by atoms with Crippen LogP contribution < -0.4 is 5.73 Å². The third-order valence-electron chi connectivity index (χ3n) is 0. The molecule has 0 atom stereocenters. The van der Waals surface area contributed by atoms with E-state index in [1.54, 1.807) is 6.92 Å². The summed E-state index contributed by atoms with van der Waals surface area (Å²) in [6.07, 6.45) is 4.60. The third-order valence-corrected chi connectivity index (χ3v) is 0. The Kier molecular flexibility index (Phi) is 43.1. The van der Waals surface area contributed by atoms with E-state index in [4.69, 9.17) is 0 Å². The summed E-state index contributed by atoms with van der Waals surface area (Å²) in [4.78, 5) is 0. The maximum Gasteiger partial charge on any atom is 0.673 e. The van der Waals surface area contributed by atoms with Crippen molar-refractivity contribution in [2.24, 2.45) is 5.73 Å². The summed E-state index contributed by atoms with van der Waals surface area (Å²) in [7, 11) is -16.5. The van der Waals surface area contributed by atoms with Crippen LogP contribution in [0.3, 0.4) is 0 Å². The average molecular weight is 364 g/mol. The third kappa shape index (κ3) is 4760. The normalized spacial score (nSPS) is 8.82. The van der Waals surface area contributed by atoms with E-state index in [2.05, 4.69) is 18.1 Å². The van der Waals surface area contributed by atoms with Gasteiger partial charge in [0.1, 0.15) is 0 Å². The molecule has 0 radical (unpaired) electrons. The number of rotatable bonds is 0. The molecule has 0 aliphatic rings. The van der Waals surface area contributed by atoms with Crippen molar-refractivity contribution in [1.29, 1.82) is 0 Å². The summed E-state index contributed by atoms with van der Waals surface area (Å²) in [6, 6.07) is 0. The molecule has 0 bridgehead atoms. The molecule has 0 rings (SSSR count). The van der Waals surface area contributed by atoms with Gasteiger partial charge in [-0.2, -0.15) is 0 Å². The predicted molar refractivity (Wildman–Crippen MR) is 68.6 cm³/mol. The molecular formula is C6H17B3F12N-3. The highest BCUT2D eigenvalue weighted by molar-refractivity contribution is 6.50. The summed E-state index contributed by atoms with van der Waals surface area (Å²) < 4.78 is 117. The first-order chi connectivity index (χ1) is 8.41. The molecular weight excluding hydrogens is 346 g/mol. The Bertz CT molecular complexity index is 170. The van der Waals surface area contributed by atoms with Gasteiger partial charge in [-0.1, -0.05) is 14.9 Å². The predicted octanol–water partition coefficient (Wildman–Crippen LogP) is 5.39. The second kappa shape index (κ2) is 22.2. The van der Waals surface area contributed by atoms with Crippen LogP contribution in [-0.4, -0.2) is 28.8 Å². The van der Waals surface area contributed by atoms with Gasteiger partial charge in [0.05, 0.1) is 0 Å². The van der Waals surface area contributed by atoms with E-state index in [0.29, 0.717) is 0 Å². The maximum atomic E-state index is 9.75. The second-order valence-electron chi connectivity index (χ2n) is 1.77. The highest BCUT2D eigenvalue weighted by Gasteiger charge is 2.21. The summed E-state index contributed by atoms with van der Waals surface area (Å²) >= 11 is 0. The molecule has 0 spiro atoms. The van der Waals surface area contributed by atoms with Crippen LogP contribution in [-0.2, 0) is 0 Å². The molecule has 1 nitrogen and oxygen atoms in total. The van der Waals surface area contributed by atoms with Crippen LogP contribution in [0.25, 0.3) is 0 Å². The Labute approximate surface area is 121 Å². The van der Waals surface area contributed by atoms with Crippen LogP contribution in [0.2, 0.25) is 0 Å². The van der Waals surface area contributed by atoms with Gasteiger partial charge in [-0.3, -0.25) is 0 Å². The van der Waals surface area contributed by atoms with Gasteiger partial charge >= 0.3 is 21.8 Å². The van der Waals surface area contributed by atoms with Crippen LogP contribution in [0.1, 0.15) is 21.8 Å². The number of hydrogen-bond acceptors (Lipinski definition) is 1. The molecule has 142 valence electrons. The van der Waals surface area contributed by atoms with Crippen LogP contribution in [0.15, 0.2) is 0 Å². The first kappa shape index (κ1) is 42.8. The fourth-order valence-electron chi connectivity index (χ4n) is 0. The van der Waals surface area contributed by atoms with Crippen molar-refractivity contribution in [3.05, 3.63) is 0 Å². The van der Waals surface area contributed by atoms with Crippen molar-refractivity contribution >= 4 is 21.8 Å². The molecule has 0 fully saturated rings. The van der Waals surface area contributed by atoms with Crippen molar-refractivity contribution in [2.75, 3.05) is 7.05 Å². The molecule has 0 heterocycles. The van der Waals surface area contributed by atoms with Crippen molar-refractivity contribution in [2.45, 2.75) is 21.8 Å². The molecule has 0 saturated heterocycles. The number of nitrogens with two attached hydrogens (primary N) is 1. The highest BCUT2D eigenvalue weighted by atomic mass is 19.5. The molecule has 0 aliphatic carbocycles. The maximum absolute atomic E-state index is 9.75. The zero-order valence-electron chi connectivity index (χ0n) is 9.92. The van der Waals surface area contributed by atoms with Crippen LogP contribution in [0.4, 0.5) is 51.8 Å². The lowest BCUT2D eigenvalue weighted by Crippen LogP contribution is -2.02. The fraction of sp³-hybridized carbons (Fsp3) is 0.667. The fourth-order valence-corrected chi connectivity index (χ4v) is 0. The Balaban J connectivity index is -0.0000000258. The Morgan fingerprint density at radius 2 is 0.591 bits per heavy atom. The van der Waals surface area contributed by atoms with E-state index in [0.717, 1.165) is 0 Å². The first-order valence-corrected chi connectivity index (χ1v) is 3.98. The van der Waals surface area contributed by atoms with Crippen molar-refractivity contribution in [3.63, 3.8) is 0 Å². The van der Waals surface area contributed by atoms with Crippen molar-refractivity contribution in [3.8, 4) is 12.3 Å². The highest BCUT2D eigenvalue weighted by Crippen LogP contribution is 2.07. The number of terminal acetylenes is 1. The minimum absolute atomic E-state index is 0. The van der Waals surface area contributed by atoms with Gasteiger partial charge in [-0.05, 0) is 14.0 Å². The zero-order chi connectivity index (χ0) is 18.2. The van der Waals surface area contributed by atoms with E-state index < -0.39 is 21.8 Å². The standard InChI is InChI=1S/C3H4.CH5N.2CH4.3BF4/c1-3-2;1-2;;;3*2-1(3,4)5/h1H,2H3;2H2,1H3;2*1H4;;;/q;;;;3*-1. The molecule has 2 N–H and O–H groups in total. The number of hydrogen-bond donors (Lipinski definition) is 1. The summed E-state index contributed by atoms with van der Waals surface area (Å²) in [5.41, 5.74) is 4.50. The quantitative estimate of drug-likeness (QED) is 0.349. The molecule has 22 heavy (non-hydrogen) atoms. The van der Waals surface area contributed by atoms with Gasteiger partial charge in [0.15, 0.2) is 0 Å². The Morgan fingerprint density at radius 3 is 0.591 bits per heavy atom. The molecule has 0 aromatic carbocycles. The van der Waals surface area contributed by atoms with Gasteiger partial charge < -0.3 is 57.5 Å². The van der Waals surface area contributed by atoms with Crippen LogP contribution >= 0.6 is 0 Å². The molecule has 0 aromatic heterocycles. The minimum Gasteiger partial charge on any atom is -0.418 e. The van der Waals surface area contributed by atoms with Crippen molar-refractivity contribution in [1.82, 2.24) is 0 Å². The minimum atomic E-state index is -6.00. The van der Waals surface area contributed by atoms with Crippen LogP contribution in [0, 0.1) is 12.3 Å². The van der Waals surface area contributed by atoms with E-state index >= 15 is 0 Å². The van der Waals surface area contributed by atoms with E-state index in [1.807, 2.05) is 0 Å². The zero-order valence-corrected chi connectivity index (χ0v) is 9.92. The lowest BCUT2D eigenvalue weighted by Gasteiger charge is -1.94. The number of halogens is 12. The van der Waals surface area contributed by atoms with Gasteiger partial charge in [0, 0.05) is 0 Å². The summed E-state index contributed by atoms with van der Waals surface area (Å²) in [5, 5.41) is 0. The Morgan fingerprint density at radius 1 is 0.591 bits per heavy atom. The van der Waals surface area contributed by atoms with Crippen LogP contribution in [0.5, 0.6) is 0 Å². The first-order valence-electron chi connectivity index (χ1n) is 3.98. The molecule has 0 unspecified atom stereocenters. The molecule has 0 amide bonds.